The number of hydrogen-bond acceptors (Lipinski definition) is 2. The molecular formula is C34H33BO2. The zero-order valence-corrected chi connectivity index (χ0v) is 22.6. The van der Waals surface area contributed by atoms with Crippen molar-refractivity contribution in [1.29, 1.82) is 0 Å². The average Bonchev–Trinajstić information content (AvgIpc) is 3.30. The summed E-state index contributed by atoms with van der Waals surface area (Å²) in [4.78, 5) is 0. The van der Waals surface area contributed by atoms with E-state index in [2.05, 4.69) is 133 Å². The van der Waals surface area contributed by atoms with Crippen LogP contribution >= 0.6 is 0 Å². The smallest absolute Gasteiger partial charge is 0.399 e. The Labute approximate surface area is 220 Å². The van der Waals surface area contributed by atoms with Crippen LogP contribution in [0.5, 0.6) is 0 Å². The molecule has 1 fully saturated rings. The number of hydrogen-bond donors (Lipinski definition) is 0. The maximum Gasteiger partial charge on any atom is 0.494 e. The zero-order chi connectivity index (χ0) is 25.8. The summed E-state index contributed by atoms with van der Waals surface area (Å²) < 4.78 is 13.0. The molecule has 2 nitrogen and oxygen atoms in total. The summed E-state index contributed by atoms with van der Waals surface area (Å²) in [7, 11) is -0.401. The van der Waals surface area contributed by atoms with E-state index < -0.39 is 12.5 Å². The molecule has 0 saturated carbocycles. The Morgan fingerprint density at radius 3 is 1.51 bits per heavy atom. The molecule has 1 saturated heterocycles. The SMILES string of the molecule is CC1(C)c2ccccc2C2(c3ccccc3-c3ccc(B4OC(C)(C)C(C)(C)O4)cc32)c2ccccc21. The first-order valence-corrected chi connectivity index (χ1v) is 13.4. The van der Waals surface area contributed by atoms with Gasteiger partial charge in [-0.1, -0.05) is 105 Å². The molecule has 1 spiro atoms. The highest BCUT2D eigenvalue weighted by Crippen LogP contribution is 2.61. The predicted molar refractivity (Wildman–Crippen MR) is 152 cm³/mol. The molecule has 1 aliphatic heterocycles. The van der Waals surface area contributed by atoms with Crippen LogP contribution in [0.1, 0.15) is 74.9 Å². The molecule has 0 radical (unpaired) electrons. The van der Waals surface area contributed by atoms with E-state index in [1.54, 1.807) is 0 Å². The Balaban J connectivity index is 1.56. The van der Waals surface area contributed by atoms with Crippen LogP contribution < -0.4 is 5.46 Å². The highest BCUT2D eigenvalue weighted by molar-refractivity contribution is 6.62. The monoisotopic (exact) mass is 484 g/mol. The van der Waals surface area contributed by atoms with Gasteiger partial charge in [-0.15, -0.1) is 0 Å². The molecule has 184 valence electrons. The van der Waals surface area contributed by atoms with Crippen molar-refractivity contribution in [2.75, 3.05) is 0 Å². The number of rotatable bonds is 1. The molecule has 0 N–H and O–H groups in total. The maximum absolute atomic E-state index is 6.51. The summed E-state index contributed by atoms with van der Waals surface area (Å²) in [6.07, 6.45) is 0. The minimum atomic E-state index is -0.401. The molecule has 4 aromatic carbocycles. The van der Waals surface area contributed by atoms with Gasteiger partial charge in [-0.25, -0.2) is 0 Å². The van der Waals surface area contributed by atoms with Gasteiger partial charge in [0.25, 0.3) is 0 Å². The first-order chi connectivity index (χ1) is 17.6. The van der Waals surface area contributed by atoms with Gasteiger partial charge in [0.1, 0.15) is 0 Å². The molecule has 0 bridgehead atoms. The van der Waals surface area contributed by atoms with E-state index in [0.717, 1.165) is 5.46 Å². The summed E-state index contributed by atoms with van der Waals surface area (Å²) in [5.41, 5.74) is 10.6. The highest BCUT2D eigenvalue weighted by Gasteiger charge is 2.55. The molecule has 0 atom stereocenters. The Hall–Kier alpha value is -3.14. The number of benzene rings is 4. The van der Waals surface area contributed by atoms with Crippen molar-refractivity contribution in [2.24, 2.45) is 0 Å². The molecule has 1 heterocycles. The molecule has 0 amide bonds. The van der Waals surface area contributed by atoms with Crippen molar-refractivity contribution in [3.05, 3.63) is 124 Å². The summed E-state index contributed by atoms with van der Waals surface area (Å²) in [6.45, 7) is 13.2. The maximum atomic E-state index is 6.51. The molecule has 3 heteroatoms. The Morgan fingerprint density at radius 2 is 0.946 bits per heavy atom. The second-order valence-corrected chi connectivity index (χ2v) is 12.4. The Morgan fingerprint density at radius 1 is 0.486 bits per heavy atom. The van der Waals surface area contributed by atoms with Gasteiger partial charge in [-0.3, -0.25) is 0 Å². The fourth-order valence-corrected chi connectivity index (χ4v) is 7.00. The first kappa shape index (κ1) is 23.0. The van der Waals surface area contributed by atoms with Gasteiger partial charge in [-0.2, -0.15) is 0 Å². The van der Waals surface area contributed by atoms with E-state index in [9.17, 15) is 0 Å². The standard InChI is InChI=1S/C34H33BO2/c1-31(2)26-15-9-11-17-28(26)34(29-18-12-10-16-27(29)31)25-14-8-7-13-23(25)24-20-19-22(21-30(24)34)35-36-32(3,4)33(5,6)37-35/h7-21H,1-6H3. The third-order valence-corrected chi connectivity index (χ3v) is 9.60. The van der Waals surface area contributed by atoms with Gasteiger partial charge in [-0.05, 0) is 77.7 Å². The van der Waals surface area contributed by atoms with Crippen LogP contribution in [0.3, 0.4) is 0 Å². The number of fused-ring (bicyclic) bond motifs is 9. The van der Waals surface area contributed by atoms with Crippen LogP contribution in [-0.2, 0) is 20.1 Å². The van der Waals surface area contributed by atoms with E-state index in [0.29, 0.717) is 0 Å². The summed E-state index contributed by atoms with van der Waals surface area (Å²) in [5, 5.41) is 0. The molecule has 7 rings (SSSR count). The van der Waals surface area contributed by atoms with E-state index >= 15 is 0 Å². The normalized spacial score (nSPS) is 20.8. The van der Waals surface area contributed by atoms with Gasteiger partial charge >= 0.3 is 7.12 Å². The van der Waals surface area contributed by atoms with Crippen molar-refractivity contribution in [2.45, 2.75) is 63.6 Å². The summed E-state index contributed by atoms with van der Waals surface area (Å²) in [5.74, 6) is 0. The largest absolute Gasteiger partial charge is 0.494 e. The lowest BCUT2D eigenvalue weighted by Crippen LogP contribution is -2.41. The molecule has 0 unspecified atom stereocenters. The van der Waals surface area contributed by atoms with Crippen LogP contribution in [0.15, 0.2) is 91.0 Å². The van der Waals surface area contributed by atoms with Crippen molar-refractivity contribution in [3.63, 3.8) is 0 Å². The third-order valence-electron chi connectivity index (χ3n) is 9.60. The lowest BCUT2D eigenvalue weighted by Gasteiger charge is -2.46. The minimum Gasteiger partial charge on any atom is -0.399 e. The molecule has 4 aromatic rings. The van der Waals surface area contributed by atoms with Crippen LogP contribution in [0.25, 0.3) is 11.1 Å². The van der Waals surface area contributed by atoms with Gasteiger partial charge in [0.2, 0.25) is 0 Å². The summed E-state index contributed by atoms with van der Waals surface area (Å²) >= 11 is 0. The summed E-state index contributed by atoms with van der Waals surface area (Å²) in [6, 6.07) is 33.9. The fourth-order valence-electron chi connectivity index (χ4n) is 7.00. The van der Waals surface area contributed by atoms with Crippen LogP contribution in [0.4, 0.5) is 0 Å². The highest BCUT2D eigenvalue weighted by atomic mass is 16.7. The Kier molecular flexibility index (Phi) is 4.51. The zero-order valence-electron chi connectivity index (χ0n) is 22.6. The van der Waals surface area contributed by atoms with Gasteiger partial charge in [0, 0.05) is 5.41 Å². The molecule has 2 aliphatic carbocycles. The van der Waals surface area contributed by atoms with E-state index in [1.165, 1.54) is 44.5 Å². The van der Waals surface area contributed by atoms with Gasteiger partial charge < -0.3 is 9.31 Å². The quantitative estimate of drug-likeness (QED) is 0.239. The van der Waals surface area contributed by atoms with Crippen molar-refractivity contribution in [1.82, 2.24) is 0 Å². The van der Waals surface area contributed by atoms with Gasteiger partial charge in [0.05, 0.1) is 16.6 Å². The molecule has 3 aliphatic rings. The van der Waals surface area contributed by atoms with E-state index in [-0.39, 0.29) is 16.6 Å². The minimum absolute atomic E-state index is 0.0978. The third kappa shape index (κ3) is 2.79. The second-order valence-electron chi connectivity index (χ2n) is 12.4. The fraction of sp³-hybridized carbons (Fsp3) is 0.294. The average molecular weight is 484 g/mol. The van der Waals surface area contributed by atoms with E-state index in [4.69, 9.17) is 9.31 Å². The second kappa shape index (κ2) is 7.25. The van der Waals surface area contributed by atoms with E-state index in [1.807, 2.05) is 0 Å². The van der Waals surface area contributed by atoms with Crippen molar-refractivity contribution >= 4 is 12.6 Å². The van der Waals surface area contributed by atoms with Crippen molar-refractivity contribution in [3.8, 4) is 11.1 Å². The van der Waals surface area contributed by atoms with Crippen molar-refractivity contribution < 1.29 is 9.31 Å². The van der Waals surface area contributed by atoms with Crippen LogP contribution in [-0.4, -0.2) is 18.3 Å². The topological polar surface area (TPSA) is 18.5 Å². The first-order valence-electron chi connectivity index (χ1n) is 13.4. The Bertz CT molecular complexity index is 1510. The molecule has 0 aromatic heterocycles. The molecular weight excluding hydrogens is 451 g/mol. The predicted octanol–water partition coefficient (Wildman–Crippen LogP) is 6.99. The van der Waals surface area contributed by atoms with Crippen LogP contribution in [0, 0.1) is 0 Å². The lowest BCUT2D eigenvalue weighted by molar-refractivity contribution is 0.00578. The van der Waals surface area contributed by atoms with Gasteiger partial charge in [0.15, 0.2) is 0 Å². The lowest BCUT2D eigenvalue weighted by atomic mass is 9.55. The molecule has 37 heavy (non-hydrogen) atoms. The van der Waals surface area contributed by atoms with Crippen LogP contribution in [0.2, 0.25) is 0 Å².